The second-order valence-electron chi connectivity index (χ2n) is 6.09. The lowest BCUT2D eigenvalue weighted by atomic mass is 9.81. The standard InChI is InChI=1S/C15H30N2O/c1-5-13-6-8-14(9-7-13)10-16-12(4)15(18)17-11(2)3/h11-14,16H,5-10H2,1-4H3,(H,17,18). The fourth-order valence-electron chi connectivity index (χ4n) is 2.69. The summed E-state index contributed by atoms with van der Waals surface area (Å²) in [5.74, 6) is 1.83. The first-order chi connectivity index (χ1) is 8.52. The van der Waals surface area contributed by atoms with E-state index in [2.05, 4.69) is 17.6 Å². The fraction of sp³-hybridized carbons (Fsp3) is 0.933. The van der Waals surface area contributed by atoms with Crippen molar-refractivity contribution in [2.45, 2.75) is 71.9 Å². The van der Waals surface area contributed by atoms with Crippen LogP contribution in [0.15, 0.2) is 0 Å². The van der Waals surface area contributed by atoms with Crippen LogP contribution in [-0.2, 0) is 4.79 Å². The van der Waals surface area contributed by atoms with Crippen molar-refractivity contribution in [2.75, 3.05) is 6.54 Å². The van der Waals surface area contributed by atoms with Gasteiger partial charge in [0.25, 0.3) is 0 Å². The highest BCUT2D eigenvalue weighted by atomic mass is 16.2. The number of hydrogen-bond acceptors (Lipinski definition) is 2. The molecule has 1 rings (SSSR count). The van der Waals surface area contributed by atoms with Gasteiger partial charge in [0, 0.05) is 6.04 Å². The SMILES string of the molecule is CCC1CCC(CNC(C)C(=O)NC(C)C)CC1. The Morgan fingerprint density at radius 3 is 2.17 bits per heavy atom. The van der Waals surface area contributed by atoms with Gasteiger partial charge in [-0.3, -0.25) is 4.79 Å². The minimum Gasteiger partial charge on any atom is -0.353 e. The number of rotatable bonds is 6. The van der Waals surface area contributed by atoms with Crippen LogP contribution in [0, 0.1) is 11.8 Å². The molecule has 3 heteroatoms. The molecule has 1 atom stereocenters. The second kappa shape index (κ2) is 7.78. The van der Waals surface area contributed by atoms with Gasteiger partial charge in [-0.1, -0.05) is 26.2 Å². The van der Waals surface area contributed by atoms with Crippen LogP contribution in [0.2, 0.25) is 0 Å². The van der Waals surface area contributed by atoms with E-state index < -0.39 is 0 Å². The highest BCUT2D eigenvalue weighted by Crippen LogP contribution is 2.30. The van der Waals surface area contributed by atoms with Crippen molar-refractivity contribution in [3.8, 4) is 0 Å². The Hall–Kier alpha value is -0.570. The molecule has 0 radical (unpaired) electrons. The molecule has 2 N–H and O–H groups in total. The quantitative estimate of drug-likeness (QED) is 0.765. The van der Waals surface area contributed by atoms with E-state index in [1.54, 1.807) is 0 Å². The van der Waals surface area contributed by atoms with Gasteiger partial charge in [-0.15, -0.1) is 0 Å². The maximum absolute atomic E-state index is 11.8. The molecule has 1 saturated carbocycles. The molecule has 0 aromatic carbocycles. The number of carbonyl (C=O) groups excluding carboxylic acids is 1. The summed E-state index contributed by atoms with van der Waals surface area (Å²) in [7, 11) is 0. The zero-order valence-corrected chi connectivity index (χ0v) is 12.5. The average molecular weight is 254 g/mol. The first-order valence-corrected chi connectivity index (χ1v) is 7.56. The highest BCUT2D eigenvalue weighted by molar-refractivity contribution is 5.81. The van der Waals surface area contributed by atoms with Crippen molar-refractivity contribution >= 4 is 5.91 Å². The fourth-order valence-corrected chi connectivity index (χ4v) is 2.69. The summed E-state index contributed by atoms with van der Waals surface area (Å²) in [6.45, 7) is 9.23. The lowest BCUT2D eigenvalue weighted by Crippen LogP contribution is -2.46. The molecule has 0 aromatic rings. The summed E-state index contributed by atoms with van der Waals surface area (Å²) >= 11 is 0. The minimum atomic E-state index is -0.0729. The summed E-state index contributed by atoms with van der Waals surface area (Å²) in [6, 6.07) is 0.151. The lowest BCUT2D eigenvalue weighted by Gasteiger charge is -2.28. The van der Waals surface area contributed by atoms with Crippen molar-refractivity contribution in [1.29, 1.82) is 0 Å². The van der Waals surface area contributed by atoms with E-state index >= 15 is 0 Å². The first kappa shape index (κ1) is 15.5. The van der Waals surface area contributed by atoms with Gasteiger partial charge < -0.3 is 10.6 Å². The minimum absolute atomic E-state index is 0.0729. The van der Waals surface area contributed by atoms with Crippen LogP contribution in [0.3, 0.4) is 0 Å². The van der Waals surface area contributed by atoms with Gasteiger partial charge in [-0.2, -0.15) is 0 Å². The van der Waals surface area contributed by atoms with Crippen molar-refractivity contribution in [2.24, 2.45) is 11.8 Å². The van der Waals surface area contributed by atoms with Gasteiger partial charge in [0.2, 0.25) is 5.91 Å². The zero-order chi connectivity index (χ0) is 13.5. The third-order valence-corrected chi connectivity index (χ3v) is 4.08. The number of nitrogens with one attached hydrogen (secondary N) is 2. The van der Waals surface area contributed by atoms with Gasteiger partial charge in [0.1, 0.15) is 0 Å². The molecular weight excluding hydrogens is 224 g/mol. The Morgan fingerprint density at radius 2 is 1.67 bits per heavy atom. The first-order valence-electron chi connectivity index (χ1n) is 7.56. The van der Waals surface area contributed by atoms with Crippen molar-refractivity contribution in [1.82, 2.24) is 10.6 Å². The maximum Gasteiger partial charge on any atom is 0.237 e. The van der Waals surface area contributed by atoms with Gasteiger partial charge in [-0.25, -0.2) is 0 Å². The monoisotopic (exact) mass is 254 g/mol. The van der Waals surface area contributed by atoms with Crippen LogP contribution in [0.1, 0.15) is 59.8 Å². The largest absolute Gasteiger partial charge is 0.353 e. The van der Waals surface area contributed by atoms with E-state index in [-0.39, 0.29) is 18.0 Å². The van der Waals surface area contributed by atoms with E-state index in [0.29, 0.717) is 0 Å². The van der Waals surface area contributed by atoms with Crippen LogP contribution >= 0.6 is 0 Å². The molecule has 1 fully saturated rings. The Bertz CT molecular complexity index is 245. The van der Waals surface area contributed by atoms with Crippen molar-refractivity contribution in [3.05, 3.63) is 0 Å². The summed E-state index contributed by atoms with van der Waals surface area (Å²) in [5, 5.41) is 6.32. The van der Waals surface area contributed by atoms with Crippen LogP contribution in [0.5, 0.6) is 0 Å². The molecule has 0 saturated heterocycles. The van der Waals surface area contributed by atoms with Gasteiger partial charge in [-0.05, 0) is 52.0 Å². The van der Waals surface area contributed by atoms with Crippen LogP contribution in [0.4, 0.5) is 0 Å². The van der Waals surface area contributed by atoms with Crippen molar-refractivity contribution in [3.63, 3.8) is 0 Å². The molecule has 18 heavy (non-hydrogen) atoms. The summed E-state index contributed by atoms with van der Waals surface area (Å²) in [5.41, 5.74) is 0. The molecule has 0 spiro atoms. The predicted octanol–water partition coefficient (Wildman–Crippen LogP) is 2.71. The van der Waals surface area contributed by atoms with Crippen molar-refractivity contribution < 1.29 is 4.79 Å². The zero-order valence-electron chi connectivity index (χ0n) is 12.5. The van der Waals surface area contributed by atoms with Crippen LogP contribution in [0.25, 0.3) is 0 Å². The third-order valence-electron chi connectivity index (χ3n) is 4.08. The molecule has 0 aromatic heterocycles. The predicted molar refractivity (Wildman–Crippen MR) is 76.5 cm³/mol. The Labute approximate surface area is 112 Å². The smallest absolute Gasteiger partial charge is 0.237 e. The molecule has 1 aliphatic rings. The van der Waals surface area contributed by atoms with Gasteiger partial charge >= 0.3 is 0 Å². The summed E-state index contributed by atoms with van der Waals surface area (Å²) in [4.78, 5) is 11.8. The number of carbonyl (C=O) groups is 1. The molecular formula is C15H30N2O. The molecule has 0 heterocycles. The summed E-state index contributed by atoms with van der Waals surface area (Å²) < 4.78 is 0. The molecule has 106 valence electrons. The number of amides is 1. The van der Waals surface area contributed by atoms with Crippen LogP contribution < -0.4 is 10.6 Å². The van der Waals surface area contributed by atoms with Gasteiger partial charge in [0.05, 0.1) is 6.04 Å². The summed E-state index contributed by atoms with van der Waals surface area (Å²) in [6.07, 6.45) is 6.71. The van der Waals surface area contributed by atoms with E-state index in [4.69, 9.17) is 0 Å². The Morgan fingerprint density at radius 1 is 1.11 bits per heavy atom. The second-order valence-corrected chi connectivity index (χ2v) is 6.09. The maximum atomic E-state index is 11.8. The van der Waals surface area contributed by atoms with E-state index in [1.165, 1.54) is 32.1 Å². The topological polar surface area (TPSA) is 41.1 Å². The lowest BCUT2D eigenvalue weighted by molar-refractivity contribution is -0.123. The molecule has 0 bridgehead atoms. The Balaban J connectivity index is 2.19. The van der Waals surface area contributed by atoms with E-state index in [1.807, 2.05) is 20.8 Å². The van der Waals surface area contributed by atoms with E-state index in [9.17, 15) is 4.79 Å². The van der Waals surface area contributed by atoms with Crippen LogP contribution in [-0.4, -0.2) is 24.5 Å². The highest BCUT2D eigenvalue weighted by Gasteiger charge is 2.21. The normalized spacial score (nSPS) is 26.1. The third kappa shape index (κ3) is 5.38. The average Bonchev–Trinajstić information content (AvgIpc) is 2.35. The molecule has 1 amide bonds. The van der Waals surface area contributed by atoms with Gasteiger partial charge in [0.15, 0.2) is 0 Å². The van der Waals surface area contributed by atoms with E-state index in [0.717, 1.165) is 18.4 Å². The molecule has 1 unspecified atom stereocenters. The Kier molecular flexibility index (Phi) is 6.69. The molecule has 1 aliphatic carbocycles. The number of hydrogen-bond donors (Lipinski definition) is 2. The molecule has 0 aliphatic heterocycles. The molecule has 3 nitrogen and oxygen atoms in total.